The van der Waals surface area contributed by atoms with Crippen LogP contribution in [0.15, 0.2) is 12.3 Å². The van der Waals surface area contributed by atoms with Crippen molar-refractivity contribution in [3.63, 3.8) is 0 Å². The predicted octanol–water partition coefficient (Wildman–Crippen LogP) is 1.82. The van der Waals surface area contributed by atoms with Gasteiger partial charge in [-0.25, -0.2) is 8.78 Å². The molecular formula is C8H10F2N2O. The van der Waals surface area contributed by atoms with E-state index in [1.54, 1.807) is 13.0 Å². The molecule has 0 saturated heterocycles. The Kier molecular flexibility index (Phi) is 2.75. The lowest BCUT2D eigenvalue weighted by Gasteiger charge is -2.11. The van der Waals surface area contributed by atoms with Gasteiger partial charge in [-0.05, 0) is 13.0 Å². The van der Waals surface area contributed by atoms with Crippen LogP contribution in [-0.4, -0.2) is 22.7 Å². The van der Waals surface area contributed by atoms with Crippen LogP contribution >= 0.6 is 0 Å². The van der Waals surface area contributed by atoms with Gasteiger partial charge in [0.1, 0.15) is 0 Å². The lowest BCUT2D eigenvalue weighted by atomic mass is 10.3. The van der Waals surface area contributed by atoms with Crippen LogP contribution in [-0.2, 0) is 0 Å². The lowest BCUT2D eigenvalue weighted by Crippen LogP contribution is -2.21. The van der Waals surface area contributed by atoms with Crippen LogP contribution < -0.4 is 4.74 Å². The molecular weight excluding hydrogens is 178 g/mol. The van der Waals surface area contributed by atoms with E-state index in [0.717, 1.165) is 6.92 Å². The van der Waals surface area contributed by atoms with E-state index in [9.17, 15) is 8.78 Å². The fourth-order valence-electron chi connectivity index (χ4n) is 0.719. The maximum absolute atomic E-state index is 12.4. The quantitative estimate of drug-likeness (QED) is 0.725. The summed E-state index contributed by atoms with van der Waals surface area (Å²) in [4.78, 5) is 0. The van der Waals surface area contributed by atoms with Crippen molar-refractivity contribution in [2.24, 2.45) is 0 Å². The summed E-state index contributed by atoms with van der Waals surface area (Å²) in [7, 11) is 0. The van der Waals surface area contributed by atoms with E-state index in [4.69, 9.17) is 4.74 Å². The molecule has 0 bridgehead atoms. The third-order valence-corrected chi connectivity index (χ3v) is 1.34. The van der Waals surface area contributed by atoms with E-state index >= 15 is 0 Å². The van der Waals surface area contributed by atoms with Crippen molar-refractivity contribution in [2.75, 3.05) is 6.61 Å². The van der Waals surface area contributed by atoms with E-state index in [0.29, 0.717) is 5.56 Å². The molecule has 1 rings (SSSR count). The van der Waals surface area contributed by atoms with Crippen molar-refractivity contribution >= 4 is 0 Å². The van der Waals surface area contributed by atoms with E-state index in [2.05, 4.69) is 10.2 Å². The monoisotopic (exact) mass is 188 g/mol. The summed E-state index contributed by atoms with van der Waals surface area (Å²) in [6.07, 6.45) is 1.48. The Morgan fingerprint density at radius 1 is 1.54 bits per heavy atom. The first kappa shape index (κ1) is 9.83. The molecule has 0 fully saturated rings. The second-order valence-electron chi connectivity index (χ2n) is 2.88. The molecule has 0 radical (unpaired) electrons. The summed E-state index contributed by atoms with van der Waals surface area (Å²) in [5.41, 5.74) is 0.694. The standard InChI is InChI=1S/C8H10F2N2O/c1-6-3-4-11-12-7(6)13-5-8(2,9)10/h3-4H,5H2,1-2H3. The second kappa shape index (κ2) is 3.64. The minimum absolute atomic E-state index is 0.157. The van der Waals surface area contributed by atoms with Gasteiger partial charge in [0, 0.05) is 12.5 Å². The molecule has 1 heterocycles. The van der Waals surface area contributed by atoms with Gasteiger partial charge in [-0.3, -0.25) is 0 Å². The minimum atomic E-state index is -2.84. The van der Waals surface area contributed by atoms with Crippen LogP contribution in [0.2, 0.25) is 0 Å². The summed E-state index contributed by atoms with van der Waals surface area (Å²) >= 11 is 0. The molecule has 0 saturated carbocycles. The highest BCUT2D eigenvalue weighted by Crippen LogP contribution is 2.16. The molecule has 13 heavy (non-hydrogen) atoms. The number of rotatable bonds is 3. The van der Waals surface area contributed by atoms with Crippen molar-refractivity contribution in [2.45, 2.75) is 19.8 Å². The number of ether oxygens (including phenoxy) is 1. The number of alkyl halides is 2. The zero-order valence-electron chi connectivity index (χ0n) is 7.42. The van der Waals surface area contributed by atoms with Gasteiger partial charge < -0.3 is 4.74 Å². The van der Waals surface area contributed by atoms with Crippen LogP contribution in [0, 0.1) is 6.92 Å². The Hall–Kier alpha value is -1.26. The average molecular weight is 188 g/mol. The van der Waals surface area contributed by atoms with Gasteiger partial charge in [0.2, 0.25) is 5.88 Å². The minimum Gasteiger partial charge on any atom is -0.470 e. The Bertz CT molecular complexity index is 286. The summed E-state index contributed by atoms with van der Waals surface area (Å²) in [6, 6.07) is 1.65. The Labute approximate surface area is 74.7 Å². The van der Waals surface area contributed by atoms with Crippen molar-refractivity contribution in [3.8, 4) is 5.88 Å². The molecule has 0 aliphatic heterocycles. The molecule has 0 aliphatic rings. The number of aryl methyl sites for hydroxylation is 1. The second-order valence-corrected chi connectivity index (χ2v) is 2.88. The third-order valence-electron chi connectivity index (χ3n) is 1.34. The summed E-state index contributed by atoms with van der Waals surface area (Å²) in [6.45, 7) is 1.84. The molecule has 0 unspecified atom stereocenters. The molecule has 72 valence electrons. The van der Waals surface area contributed by atoms with E-state index in [1.807, 2.05) is 0 Å². The largest absolute Gasteiger partial charge is 0.470 e. The normalized spacial score (nSPS) is 11.4. The topological polar surface area (TPSA) is 35.0 Å². The fourth-order valence-corrected chi connectivity index (χ4v) is 0.719. The first-order chi connectivity index (χ1) is 5.99. The van der Waals surface area contributed by atoms with Gasteiger partial charge in [-0.1, -0.05) is 0 Å². The molecule has 1 aromatic heterocycles. The molecule has 0 atom stereocenters. The van der Waals surface area contributed by atoms with Crippen molar-refractivity contribution < 1.29 is 13.5 Å². The average Bonchev–Trinajstić information content (AvgIpc) is 2.01. The number of halogens is 2. The zero-order valence-corrected chi connectivity index (χ0v) is 7.42. The molecule has 0 aromatic carbocycles. The molecule has 1 aromatic rings. The van der Waals surface area contributed by atoms with Crippen molar-refractivity contribution in [1.29, 1.82) is 0 Å². The van der Waals surface area contributed by atoms with Gasteiger partial charge >= 0.3 is 0 Å². The summed E-state index contributed by atoms with van der Waals surface area (Å²) in [5.74, 6) is -2.69. The van der Waals surface area contributed by atoms with Crippen molar-refractivity contribution in [3.05, 3.63) is 17.8 Å². The Morgan fingerprint density at radius 2 is 2.23 bits per heavy atom. The summed E-state index contributed by atoms with van der Waals surface area (Å²) < 4.78 is 29.5. The van der Waals surface area contributed by atoms with Crippen LogP contribution in [0.25, 0.3) is 0 Å². The highest BCUT2D eigenvalue weighted by atomic mass is 19.3. The van der Waals surface area contributed by atoms with Gasteiger partial charge in [0.15, 0.2) is 6.61 Å². The molecule has 0 N–H and O–H groups in total. The van der Waals surface area contributed by atoms with Gasteiger partial charge in [-0.2, -0.15) is 5.10 Å². The Morgan fingerprint density at radius 3 is 2.77 bits per heavy atom. The van der Waals surface area contributed by atoms with Crippen LogP contribution in [0.4, 0.5) is 8.78 Å². The van der Waals surface area contributed by atoms with Crippen LogP contribution in [0.5, 0.6) is 5.88 Å². The van der Waals surface area contributed by atoms with Gasteiger partial charge in [0.25, 0.3) is 5.92 Å². The van der Waals surface area contributed by atoms with Gasteiger partial charge in [-0.15, -0.1) is 5.10 Å². The van der Waals surface area contributed by atoms with Crippen molar-refractivity contribution in [1.82, 2.24) is 10.2 Å². The third kappa shape index (κ3) is 3.31. The number of nitrogens with zero attached hydrogens (tertiary/aromatic N) is 2. The Balaban J connectivity index is 2.60. The highest BCUT2D eigenvalue weighted by Gasteiger charge is 2.22. The van der Waals surface area contributed by atoms with Crippen LogP contribution in [0.1, 0.15) is 12.5 Å². The maximum atomic E-state index is 12.4. The molecule has 0 aliphatic carbocycles. The number of hydrogen-bond acceptors (Lipinski definition) is 3. The molecule has 3 nitrogen and oxygen atoms in total. The SMILES string of the molecule is Cc1ccnnc1OCC(C)(F)F. The molecule has 0 spiro atoms. The fraction of sp³-hybridized carbons (Fsp3) is 0.500. The first-order valence-electron chi connectivity index (χ1n) is 3.78. The van der Waals surface area contributed by atoms with E-state index in [1.165, 1.54) is 6.20 Å². The zero-order chi connectivity index (χ0) is 9.90. The summed E-state index contributed by atoms with van der Waals surface area (Å²) in [5, 5.41) is 7.10. The predicted molar refractivity (Wildman–Crippen MR) is 42.9 cm³/mol. The van der Waals surface area contributed by atoms with Gasteiger partial charge in [0.05, 0.1) is 6.20 Å². The molecule has 5 heteroatoms. The smallest absolute Gasteiger partial charge is 0.278 e. The number of hydrogen-bond donors (Lipinski definition) is 0. The van der Waals surface area contributed by atoms with E-state index in [-0.39, 0.29) is 5.88 Å². The van der Waals surface area contributed by atoms with E-state index < -0.39 is 12.5 Å². The first-order valence-corrected chi connectivity index (χ1v) is 3.78. The maximum Gasteiger partial charge on any atom is 0.278 e. The molecule has 0 amide bonds. The van der Waals surface area contributed by atoms with Crippen LogP contribution in [0.3, 0.4) is 0 Å². The number of aromatic nitrogens is 2. The highest BCUT2D eigenvalue weighted by molar-refractivity contribution is 5.20. The lowest BCUT2D eigenvalue weighted by molar-refractivity contribution is -0.0246.